The molecule has 1 aliphatic heterocycles. The summed E-state index contributed by atoms with van der Waals surface area (Å²) in [6.07, 6.45) is 7.18. The van der Waals surface area contributed by atoms with E-state index in [0.29, 0.717) is 17.6 Å². The predicted octanol–water partition coefficient (Wildman–Crippen LogP) is 1.36. The van der Waals surface area contributed by atoms with Crippen LogP contribution in [-0.4, -0.2) is 51.8 Å². The van der Waals surface area contributed by atoms with Crippen LogP contribution in [0.3, 0.4) is 0 Å². The van der Waals surface area contributed by atoms with Crippen LogP contribution in [-0.2, 0) is 10.8 Å². The zero-order valence-electron chi connectivity index (χ0n) is 11.4. The van der Waals surface area contributed by atoms with E-state index in [2.05, 4.69) is 24.1 Å². The summed E-state index contributed by atoms with van der Waals surface area (Å²) in [5.74, 6) is 0.806. The van der Waals surface area contributed by atoms with E-state index >= 15 is 0 Å². The summed E-state index contributed by atoms with van der Waals surface area (Å²) in [6, 6.07) is 1.01. The Bertz CT molecular complexity index is 289. The Balaban J connectivity index is 2.01. The Morgan fingerprint density at radius 3 is 2.71 bits per heavy atom. The summed E-state index contributed by atoms with van der Waals surface area (Å²) in [4.78, 5) is 2.57. The summed E-state index contributed by atoms with van der Waals surface area (Å²) >= 11 is 0. The summed E-state index contributed by atoms with van der Waals surface area (Å²) in [5.41, 5.74) is 0.371. The maximum atomic E-state index is 11.4. The molecule has 3 nitrogen and oxygen atoms in total. The molecule has 2 rings (SSSR count). The Hall–Kier alpha value is 0.0700. The van der Waals surface area contributed by atoms with Crippen LogP contribution >= 0.6 is 0 Å². The van der Waals surface area contributed by atoms with Crippen molar-refractivity contribution in [3.05, 3.63) is 0 Å². The first-order valence-electron chi connectivity index (χ1n) is 6.83. The predicted molar refractivity (Wildman–Crippen MR) is 73.8 cm³/mol. The van der Waals surface area contributed by atoms with Gasteiger partial charge in [-0.25, -0.2) is 0 Å². The van der Waals surface area contributed by atoms with Crippen LogP contribution < -0.4 is 5.32 Å². The molecule has 2 fully saturated rings. The van der Waals surface area contributed by atoms with E-state index in [1.54, 1.807) is 0 Å². The van der Waals surface area contributed by atoms with Gasteiger partial charge in [0.25, 0.3) is 0 Å². The maximum Gasteiger partial charge on any atom is 0.0385 e. The van der Waals surface area contributed by atoms with E-state index in [9.17, 15) is 4.21 Å². The van der Waals surface area contributed by atoms with Gasteiger partial charge in [0.2, 0.25) is 0 Å². The number of nitrogens with one attached hydrogen (secondary N) is 1. The summed E-state index contributed by atoms with van der Waals surface area (Å²) in [6.45, 7) is 6.74. The van der Waals surface area contributed by atoms with E-state index < -0.39 is 10.8 Å². The van der Waals surface area contributed by atoms with Crippen LogP contribution in [0.2, 0.25) is 0 Å². The molecule has 100 valence electrons. The first-order chi connectivity index (χ1) is 8.02. The molecule has 1 spiro atoms. The third kappa shape index (κ3) is 3.09. The minimum absolute atomic E-state index is 0.371. The SMILES string of the molecule is CC1CNC2(CCCC2)CN1C(C)CS(C)=O. The standard InChI is InChI=1S/C13H26N2OS/c1-11-8-14-13(6-4-5-7-13)10-15(11)12(2)9-17(3)16/h11-12,14H,4-10H2,1-3H3. The highest BCUT2D eigenvalue weighted by molar-refractivity contribution is 7.84. The van der Waals surface area contributed by atoms with E-state index in [4.69, 9.17) is 0 Å². The monoisotopic (exact) mass is 258 g/mol. The third-order valence-corrected chi connectivity index (χ3v) is 5.38. The van der Waals surface area contributed by atoms with Gasteiger partial charge in [-0.3, -0.25) is 9.11 Å². The molecule has 1 saturated heterocycles. The molecule has 0 bridgehead atoms. The second-order valence-electron chi connectivity index (χ2n) is 5.98. The molecular formula is C13H26N2OS. The van der Waals surface area contributed by atoms with Crippen molar-refractivity contribution in [1.29, 1.82) is 0 Å². The number of rotatable bonds is 3. The lowest BCUT2D eigenvalue weighted by molar-refractivity contribution is 0.0644. The number of nitrogens with zero attached hydrogens (tertiary/aromatic N) is 1. The smallest absolute Gasteiger partial charge is 0.0385 e. The van der Waals surface area contributed by atoms with E-state index in [1.165, 1.54) is 25.7 Å². The lowest BCUT2D eigenvalue weighted by Crippen LogP contribution is -2.64. The first kappa shape index (κ1) is 13.5. The third-order valence-electron chi connectivity index (χ3n) is 4.43. The lowest BCUT2D eigenvalue weighted by atomic mass is 9.92. The second-order valence-corrected chi connectivity index (χ2v) is 7.46. The Labute approximate surface area is 108 Å². The molecule has 0 radical (unpaired) electrons. The summed E-state index contributed by atoms with van der Waals surface area (Å²) in [7, 11) is -0.687. The van der Waals surface area contributed by atoms with Crippen molar-refractivity contribution in [3.63, 3.8) is 0 Å². The van der Waals surface area contributed by atoms with Gasteiger partial charge in [0, 0.05) is 53.5 Å². The topological polar surface area (TPSA) is 32.3 Å². The van der Waals surface area contributed by atoms with Gasteiger partial charge < -0.3 is 5.32 Å². The zero-order valence-corrected chi connectivity index (χ0v) is 12.2. The highest BCUT2D eigenvalue weighted by Gasteiger charge is 2.41. The van der Waals surface area contributed by atoms with Crippen molar-refractivity contribution in [1.82, 2.24) is 10.2 Å². The Morgan fingerprint density at radius 2 is 2.12 bits per heavy atom. The van der Waals surface area contributed by atoms with Crippen molar-refractivity contribution in [2.45, 2.75) is 57.2 Å². The lowest BCUT2D eigenvalue weighted by Gasteiger charge is -2.47. The van der Waals surface area contributed by atoms with Crippen molar-refractivity contribution < 1.29 is 4.21 Å². The molecule has 0 aromatic heterocycles. The number of hydrogen-bond donors (Lipinski definition) is 1. The Kier molecular flexibility index (Phi) is 4.26. The van der Waals surface area contributed by atoms with Gasteiger partial charge in [-0.2, -0.15) is 0 Å². The minimum atomic E-state index is -0.687. The van der Waals surface area contributed by atoms with Gasteiger partial charge in [-0.05, 0) is 26.7 Å². The molecule has 1 aliphatic carbocycles. The fourth-order valence-electron chi connectivity index (χ4n) is 3.46. The van der Waals surface area contributed by atoms with E-state index in [1.807, 2.05) is 6.26 Å². The van der Waals surface area contributed by atoms with Gasteiger partial charge in [0.15, 0.2) is 0 Å². The zero-order chi connectivity index (χ0) is 12.5. The molecular weight excluding hydrogens is 232 g/mol. The first-order valence-corrected chi connectivity index (χ1v) is 8.56. The molecule has 17 heavy (non-hydrogen) atoms. The maximum absolute atomic E-state index is 11.4. The highest BCUT2D eigenvalue weighted by atomic mass is 32.2. The molecule has 0 aromatic carbocycles. The van der Waals surface area contributed by atoms with Crippen molar-refractivity contribution in [3.8, 4) is 0 Å². The molecule has 0 amide bonds. The van der Waals surface area contributed by atoms with E-state index in [0.717, 1.165) is 18.8 Å². The van der Waals surface area contributed by atoms with Gasteiger partial charge in [-0.15, -0.1) is 0 Å². The average molecular weight is 258 g/mol. The fourth-order valence-corrected chi connectivity index (χ4v) is 4.33. The molecule has 1 heterocycles. The van der Waals surface area contributed by atoms with Crippen LogP contribution in [0.25, 0.3) is 0 Å². The van der Waals surface area contributed by atoms with Crippen molar-refractivity contribution in [2.24, 2.45) is 0 Å². The highest BCUT2D eigenvalue weighted by Crippen LogP contribution is 2.33. The minimum Gasteiger partial charge on any atom is -0.308 e. The average Bonchev–Trinajstić information content (AvgIpc) is 2.70. The molecule has 1 saturated carbocycles. The quantitative estimate of drug-likeness (QED) is 0.829. The van der Waals surface area contributed by atoms with Gasteiger partial charge in [0.05, 0.1) is 0 Å². The fraction of sp³-hybridized carbons (Fsp3) is 1.00. The van der Waals surface area contributed by atoms with Gasteiger partial charge in [-0.1, -0.05) is 12.8 Å². The largest absolute Gasteiger partial charge is 0.308 e. The van der Waals surface area contributed by atoms with Crippen LogP contribution in [0, 0.1) is 0 Å². The summed E-state index contributed by atoms with van der Waals surface area (Å²) in [5, 5.41) is 3.76. The molecule has 3 atom stereocenters. The molecule has 1 N–H and O–H groups in total. The molecule has 3 unspecified atom stereocenters. The number of hydrogen-bond acceptors (Lipinski definition) is 3. The van der Waals surface area contributed by atoms with E-state index in [-0.39, 0.29) is 0 Å². The molecule has 4 heteroatoms. The van der Waals surface area contributed by atoms with Gasteiger partial charge in [0.1, 0.15) is 0 Å². The summed E-state index contributed by atoms with van der Waals surface area (Å²) < 4.78 is 11.4. The van der Waals surface area contributed by atoms with Crippen LogP contribution in [0.5, 0.6) is 0 Å². The second kappa shape index (κ2) is 5.37. The molecule has 0 aromatic rings. The van der Waals surface area contributed by atoms with Gasteiger partial charge >= 0.3 is 0 Å². The normalized spacial score (nSPS) is 32.8. The Morgan fingerprint density at radius 1 is 1.47 bits per heavy atom. The molecule has 2 aliphatic rings. The van der Waals surface area contributed by atoms with Crippen molar-refractivity contribution >= 4 is 10.8 Å². The number of piperazine rings is 1. The van der Waals surface area contributed by atoms with Crippen LogP contribution in [0.15, 0.2) is 0 Å². The van der Waals surface area contributed by atoms with Crippen LogP contribution in [0.1, 0.15) is 39.5 Å². The van der Waals surface area contributed by atoms with Crippen LogP contribution in [0.4, 0.5) is 0 Å². The van der Waals surface area contributed by atoms with Crippen molar-refractivity contribution in [2.75, 3.05) is 25.1 Å².